The van der Waals surface area contributed by atoms with Crippen molar-refractivity contribution in [3.63, 3.8) is 0 Å². The fraction of sp³-hybridized carbons (Fsp3) is 0.448. The molecule has 0 spiro atoms. The molecule has 194 valence electrons. The molecule has 0 atom stereocenters. The molecule has 1 aromatic carbocycles. The van der Waals surface area contributed by atoms with Gasteiger partial charge in [-0.05, 0) is 80.3 Å². The Morgan fingerprint density at radius 1 is 1.22 bits per heavy atom. The van der Waals surface area contributed by atoms with Gasteiger partial charge in [-0.1, -0.05) is 44.0 Å². The number of carboxylic acids is 1. The standard InChI is InChI=1S/C25H27FN2O2S.C4H10O/c1-14-19(11-20(29)30)21(16-6-8-25(3,4)9-7-16)15(2)22-23-17(10-18(26)12-27-23)13-28(31-5)24(14)22;1-4(2,3)5/h6-8,10,12H,9,11,13H2,1-5H3,(H,29,30);5H,1-3H3. The van der Waals surface area contributed by atoms with E-state index in [4.69, 9.17) is 5.11 Å². The smallest absolute Gasteiger partial charge is 0.307 e. The summed E-state index contributed by atoms with van der Waals surface area (Å²) in [6.07, 6.45) is 10.6. The first-order chi connectivity index (χ1) is 16.6. The number of aromatic nitrogens is 1. The van der Waals surface area contributed by atoms with E-state index in [2.05, 4.69) is 41.4 Å². The van der Waals surface area contributed by atoms with Crippen LogP contribution in [-0.2, 0) is 17.8 Å². The third-order valence-electron chi connectivity index (χ3n) is 6.23. The average molecular weight is 513 g/mol. The summed E-state index contributed by atoms with van der Waals surface area (Å²) in [6.45, 7) is 14.2. The molecule has 0 radical (unpaired) electrons. The highest BCUT2D eigenvalue weighted by Crippen LogP contribution is 2.49. The molecule has 2 heterocycles. The number of anilines is 1. The fourth-order valence-corrected chi connectivity index (χ4v) is 5.32. The van der Waals surface area contributed by atoms with Gasteiger partial charge < -0.3 is 14.5 Å². The van der Waals surface area contributed by atoms with Gasteiger partial charge in [-0.2, -0.15) is 0 Å². The fourth-order valence-electron chi connectivity index (χ4n) is 4.64. The topological polar surface area (TPSA) is 73.7 Å². The number of hydrogen-bond acceptors (Lipinski definition) is 5. The molecule has 0 saturated carbocycles. The van der Waals surface area contributed by atoms with E-state index in [0.717, 1.165) is 56.8 Å². The van der Waals surface area contributed by atoms with Crippen molar-refractivity contribution in [1.29, 1.82) is 0 Å². The number of benzene rings is 1. The molecule has 2 aliphatic rings. The summed E-state index contributed by atoms with van der Waals surface area (Å²) in [5.41, 5.74) is 7.94. The van der Waals surface area contributed by atoms with E-state index in [1.165, 1.54) is 6.20 Å². The molecule has 0 saturated heterocycles. The number of aliphatic carboxylic acids is 1. The molecule has 1 aromatic heterocycles. The Kier molecular flexibility index (Phi) is 8.06. The Balaban J connectivity index is 0.000000658. The van der Waals surface area contributed by atoms with Crippen molar-refractivity contribution in [3.8, 4) is 11.3 Å². The van der Waals surface area contributed by atoms with Crippen molar-refractivity contribution in [2.24, 2.45) is 5.41 Å². The van der Waals surface area contributed by atoms with Crippen LogP contribution in [-0.4, -0.2) is 33.0 Å². The minimum atomic E-state index is -0.850. The highest BCUT2D eigenvalue weighted by molar-refractivity contribution is 7.99. The van der Waals surface area contributed by atoms with Crippen molar-refractivity contribution < 1.29 is 19.4 Å². The molecule has 4 rings (SSSR count). The summed E-state index contributed by atoms with van der Waals surface area (Å²) in [5.74, 6) is -1.20. The van der Waals surface area contributed by atoms with Crippen molar-refractivity contribution in [2.45, 2.75) is 73.5 Å². The first-order valence-electron chi connectivity index (χ1n) is 12.1. The van der Waals surface area contributed by atoms with Crippen molar-refractivity contribution in [3.05, 3.63) is 64.1 Å². The maximum Gasteiger partial charge on any atom is 0.307 e. The quantitative estimate of drug-likeness (QED) is 0.435. The van der Waals surface area contributed by atoms with Crippen LogP contribution in [0.3, 0.4) is 0 Å². The number of aliphatic hydroxyl groups is 1. The second-order valence-corrected chi connectivity index (χ2v) is 11.9. The molecule has 2 N–H and O–H groups in total. The number of halogens is 1. The van der Waals surface area contributed by atoms with Gasteiger partial charge in [0.15, 0.2) is 0 Å². The third-order valence-corrected chi connectivity index (χ3v) is 6.98. The molecule has 1 aliphatic heterocycles. The number of pyridine rings is 1. The maximum atomic E-state index is 14.0. The second-order valence-electron chi connectivity index (χ2n) is 11.1. The van der Waals surface area contributed by atoms with E-state index in [-0.39, 0.29) is 17.7 Å². The SMILES string of the molecule is CC(C)(C)O.CSN1Cc2cc(F)cnc2-c2c(C)c(C3=CCC(C)(C)C=C3)c(CC(=O)O)c(C)c21. The summed E-state index contributed by atoms with van der Waals surface area (Å²) in [4.78, 5) is 16.3. The molecule has 36 heavy (non-hydrogen) atoms. The van der Waals surface area contributed by atoms with E-state index < -0.39 is 11.6 Å². The lowest BCUT2D eigenvalue weighted by Crippen LogP contribution is -2.24. The monoisotopic (exact) mass is 512 g/mol. The molecule has 0 fully saturated rings. The Morgan fingerprint density at radius 3 is 2.39 bits per heavy atom. The van der Waals surface area contributed by atoms with Crippen LogP contribution in [0, 0.1) is 25.1 Å². The molecular weight excluding hydrogens is 475 g/mol. The largest absolute Gasteiger partial charge is 0.481 e. The van der Waals surface area contributed by atoms with Gasteiger partial charge in [-0.3, -0.25) is 9.78 Å². The van der Waals surface area contributed by atoms with Crippen LogP contribution in [0.15, 0.2) is 30.5 Å². The lowest BCUT2D eigenvalue weighted by molar-refractivity contribution is -0.136. The minimum Gasteiger partial charge on any atom is -0.481 e. The number of hydrogen-bond donors (Lipinski definition) is 2. The van der Waals surface area contributed by atoms with Gasteiger partial charge in [-0.15, -0.1) is 0 Å². The zero-order valence-corrected chi connectivity index (χ0v) is 23.3. The van der Waals surface area contributed by atoms with Crippen LogP contribution in [0.1, 0.15) is 68.9 Å². The van der Waals surface area contributed by atoms with Gasteiger partial charge in [-0.25, -0.2) is 4.39 Å². The molecule has 1 aliphatic carbocycles. The van der Waals surface area contributed by atoms with Gasteiger partial charge in [0.25, 0.3) is 0 Å². The summed E-state index contributed by atoms with van der Waals surface area (Å²) >= 11 is 1.56. The summed E-state index contributed by atoms with van der Waals surface area (Å²) < 4.78 is 16.1. The lowest BCUT2D eigenvalue weighted by Gasteiger charge is -2.35. The van der Waals surface area contributed by atoms with E-state index >= 15 is 0 Å². The van der Waals surface area contributed by atoms with Gasteiger partial charge in [0, 0.05) is 17.4 Å². The average Bonchev–Trinajstić information content (AvgIpc) is 2.75. The van der Waals surface area contributed by atoms with Crippen LogP contribution in [0.4, 0.5) is 10.1 Å². The molecular formula is C29H37FN2O3S. The van der Waals surface area contributed by atoms with Crippen LogP contribution >= 0.6 is 11.9 Å². The van der Waals surface area contributed by atoms with Gasteiger partial charge in [0.1, 0.15) is 5.82 Å². The minimum absolute atomic E-state index is 0.0458. The van der Waals surface area contributed by atoms with E-state index in [1.54, 1.807) is 38.8 Å². The van der Waals surface area contributed by atoms with Crippen LogP contribution in [0.5, 0.6) is 0 Å². The number of rotatable bonds is 4. The maximum absolute atomic E-state index is 14.0. The number of carbonyl (C=O) groups is 1. The molecule has 0 amide bonds. The molecule has 0 bridgehead atoms. The Hall–Kier alpha value is -2.64. The van der Waals surface area contributed by atoms with Crippen LogP contribution in [0.2, 0.25) is 0 Å². The summed E-state index contributed by atoms with van der Waals surface area (Å²) in [7, 11) is 0. The van der Waals surface area contributed by atoms with Crippen molar-refractivity contribution in [1.82, 2.24) is 4.98 Å². The van der Waals surface area contributed by atoms with Gasteiger partial charge >= 0.3 is 5.97 Å². The number of fused-ring (bicyclic) bond motifs is 3. The summed E-state index contributed by atoms with van der Waals surface area (Å²) in [5, 5.41) is 18.2. The Morgan fingerprint density at radius 2 is 1.86 bits per heavy atom. The highest BCUT2D eigenvalue weighted by Gasteiger charge is 2.32. The van der Waals surface area contributed by atoms with E-state index in [9.17, 15) is 14.3 Å². The number of carboxylic acid groups (broad SMARTS) is 1. The zero-order valence-electron chi connectivity index (χ0n) is 22.5. The highest BCUT2D eigenvalue weighted by atomic mass is 32.2. The normalized spacial score (nSPS) is 15.9. The first kappa shape index (κ1) is 27.9. The predicted octanol–water partition coefficient (Wildman–Crippen LogP) is 6.88. The number of allylic oxidation sites excluding steroid dienone is 4. The van der Waals surface area contributed by atoms with Crippen molar-refractivity contribution in [2.75, 3.05) is 10.6 Å². The molecule has 0 unspecified atom stereocenters. The molecule has 2 aromatic rings. The van der Waals surface area contributed by atoms with E-state index in [0.29, 0.717) is 6.54 Å². The second kappa shape index (κ2) is 10.4. The van der Waals surface area contributed by atoms with E-state index in [1.807, 2.05) is 20.1 Å². The molecule has 5 nitrogen and oxygen atoms in total. The Bertz CT molecular complexity index is 1240. The predicted molar refractivity (Wildman–Crippen MR) is 148 cm³/mol. The van der Waals surface area contributed by atoms with Gasteiger partial charge in [0.2, 0.25) is 0 Å². The third kappa shape index (κ3) is 6.19. The lowest BCUT2D eigenvalue weighted by atomic mass is 9.78. The first-order valence-corrected chi connectivity index (χ1v) is 13.3. The van der Waals surface area contributed by atoms with Crippen LogP contribution in [0.25, 0.3) is 16.8 Å². The van der Waals surface area contributed by atoms with Crippen molar-refractivity contribution >= 4 is 29.2 Å². The van der Waals surface area contributed by atoms with Gasteiger partial charge in [0.05, 0.1) is 36.1 Å². The van der Waals surface area contributed by atoms with Crippen LogP contribution < -0.4 is 4.31 Å². The summed E-state index contributed by atoms with van der Waals surface area (Å²) in [6, 6.07) is 1.55. The molecule has 7 heteroatoms. The zero-order chi connectivity index (χ0) is 27.0. The number of nitrogens with zero attached hydrogens (tertiary/aromatic N) is 2. The Labute approximate surface area is 218 Å².